The number of amides is 1. The molecule has 14 heteroatoms. The van der Waals surface area contributed by atoms with Gasteiger partial charge in [-0.2, -0.15) is 0 Å². The first-order valence-corrected chi connectivity index (χ1v) is 23.5. The predicted molar refractivity (Wildman–Crippen MR) is 240 cm³/mol. The number of aliphatic hydroxyl groups excluding tert-OH is 3. The van der Waals surface area contributed by atoms with Crippen molar-refractivity contribution in [1.82, 2.24) is 4.90 Å². The SMILES string of the molecule is CO[C@@H]1C(=O)[C@H](C)C[C@H](C)/C=C/C=C/C=C(\C)[C@H](O)C[C@H]2CC[C@@H](C)[C@@](O)(O2)C(=O)C(=O)N2CCCC[C@H]2C(=O)O[C@H]([C@H](C)C[C@@H]2CC[C@H](O)[C@H](OC)C2)CC(=O)[C@H](C)/C=C(\C)[C@H]1O. The Kier molecular flexibility index (Phi) is 20.3. The van der Waals surface area contributed by atoms with E-state index in [1.54, 1.807) is 60.0 Å². The number of methoxy groups -OCH3 is 2. The number of rotatable bonds is 5. The number of carbonyl (C=O) groups excluding carboxylic acids is 5. The third kappa shape index (κ3) is 13.8. The van der Waals surface area contributed by atoms with Crippen LogP contribution in [0.25, 0.3) is 0 Å². The van der Waals surface area contributed by atoms with Gasteiger partial charge in [0.05, 0.1) is 24.4 Å². The van der Waals surface area contributed by atoms with Crippen LogP contribution in [0.1, 0.15) is 126 Å². The first-order valence-electron chi connectivity index (χ1n) is 23.5. The second-order valence-electron chi connectivity index (χ2n) is 19.4. The van der Waals surface area contributed by atoms with Crippen LogP contribution in [0.3, 0.4) is 0 Å². The normalized spacial score (nSPS) is 40.9. The summed E-state index contributed by atoms with van der Waals surface area (Å²) in [5.41, 5.74) is 1.000. The average Bonchev–Trinajstić information content (AvgIpc) is 3.26. The van der Waals surface area contributed by atoms with E-state index in [9.17, 15) is 44.4 Å². The molecule has 3 heterocycles. The Hall–Kier alpha value is -3.37. The fourth-order valence-corrected chi connectivity index (χ4v) is 9.85. The predicted octanol–water partition coefficient (Wildman–Crippen LogP) is 5.53. The lowest BCUT2D eigenvalue weighted by atomic mass is 9.78. The average molecular weight is 900 g/mol. The van der Waals surface area contributed by atoms with Crippen LogP contribution in [-0.2, 0) is 42.9 Å². The van der Waals surface area contributed by atoms with Gasteiger partial charge in [0.1, 0.15) is 30.1 Å². The van der Waals surface area contributed by atoms with Crippen LogP contribution >= 0.6 is 0 Å². The summed E-state index contributed by atoms with van der Waals surface area (Å²) in [4.78, 5) is 71.4. The van der Waals surface area contributed by atoms with Crippen molar-refractivity contribution in [2.45, 2.75) is 180 Å². The van der Waals surface area contributed by atoms with Gasteiger partial charge in [-0.3, -0.25) is 19.2 Å². The molecule has 0 radical (unpaired) electrons. The highest BCUT2D eigenvalue weighted by molar-refractivity contribution is 6.39. The molecule has 4 N–H and O–H groups in total. The quantitative estimate of drug-likeness (QED) is 0.153. The number of fused-ring (bicyclic) bond motifs is 3. The Labute approximate surface area is 380 Å². The highest BCUT2D eigenvalue weighted by atomic mass is 16.6. The van der Waals surface area contributed by atoms with Crippen molar-refractivity contribution < 1.29 is 63.3 Å². The zero-order chi connectivity index (χ0) is 47.5. The summed E-state index contributed by atoms with van der Waals surface area (Å²) in [6.07, 6.45) is 9.53. The molecule has 1 aliphatic carbocycles. The lowest BCUT2D eigenvalue weighted by Gasteiger charge is -2.42. The maximum absolute atomic E-state index is 14.3. The molecule has 3 aliphatic heterocycles. The highest BCUT2D eigenvalue weighted by Gasteiger charge is 2.53. The van der Waals surface area contributed by atoms with Crippen molar-refractivity contribution in [2.24, 2.45) is 35.5 Å². The van der Waals surface area contributed by atoms with Crippen molar-refractivity contribution in [2.75, 3.05) is 20.8 Å². The molecule has 4 aliphatic rings. The highest BCUT2D eigenvalue weighted by Crippen LogP contribution is 2.37. The van der Waals surface area contributed by atoms with Gasteiger partial charge in [-0.25, -0.2) is 4.79 Å². The van der Waals surface area contributed by atoms with Gasteiger partial charge < -0.3 is 44.3 Å². The Balaban J connectivity index is 1.69. The van der Waals surface area contributed by atoms with Gasteiger partial charge >= 0.3 is 5.97 Å². The minimum Gasteiger partial charge on any atom is -0.460 e. The number of allylic oxidation sites excluding steroid dienone is 6. The molecule has 360 valence electrons. The maximum atomic E-state index is 14.3. The number of Topliss-reactive ketones (excluding diaryl/α,β-unsaturated/α-hetero) is 3. The Morgan fingerprint density at radius 1 is 0.859 bits per heavy atom. The number of piperidine rings is 1. The van der Waals surface area contributed by atoms with E-state index in [1.165, 1.54) is 7.11 Å². The van der Waals surface area contributed by atoms with E-state index in [-0.39, 0.29) is 61.2 Å². The van der Waals surface area contributed by atoms with Gasteiger partial charge in [0.15, 0.2) is 5.78 Å². The number of cyclic esters (lactones) is 1. The smallest absolute Gasteiger partial charge is 0.329 e. The molecule has 0 unspecified atom stereocenters. The van der Waals surface area contributed by atoms with Gasteiger partial charge in [0.25, 0.3) is 11.7 Å². The molecule has 0 aromatic rings. The first kappa shape index (κ1) is 53.2. The number of nitrogens with zero attached hydrogens (tertiary/aromatic N) is 1. The van der Waals surface area contributed by atoms with E-state index in [2.05, 4.69) is 0 Å². The molecule has 14 nitrogen and oxygen atoms in total. The minimum atomic E-state index is -2.48. The fraction of sp³-hybridized carbons (Fsp3) is 0.740. The monoisotopic (exact) mass is 900 g/mol. The number of ether oxygens (including phenoxy) is 4. The van der Waals surface area contributed by atoms with Crippen molar-refractivity contribution >= 4 is 29.2 Å². The molecule has 3 fully saturated rings. The Bertz CT molecular complexity index is 1740. The molecule has 0 aromatic heterocycles. The van der Waals surface area contributed by atoms with E-state index in [0.29, 0.717) is 68.9 Å². The molecule has 1 saturated carbocycles. The van der Waals surface area contributed by atoms with Gasteiger partial charge in [0, 0.05) is 51.4 Å². The second-order valence-corrected chi connectivity index (χ2v) is 19.4. The number of carbonyl (C=O) groups is 5. The van der Waals surface area contributed by atoms with Crippen molar-refractivity contribution in [3.05, 3.63) is 47.6 Å². The fourth-order valence-electron chi connectivity index (χ4n) is 9.85. The summed E-state index contributed by atoms with van der Waals surface area (Å²) in [5, 5.41) is 44.8. The molecule has 64 heavy (non-hydrogen) atoms. The van der Waals surface area contributed by atoms with Crippen LogP contribution in [0.5, 0.6) is 0 Å². The third-order valence-electron chi connectivity index (χ3n) is 14.2. The molecule has 15 atom stereocenters. The van der Waals surface area contributed by atoms with Gasteiger partial charge in [-0.1, -0.05) is 71.1 Å². The topological polar surface area (TPSA) is 206 Å². The van der Waals surface area contributed by atoms with Crippen LogP contribution in [0.4, 0.5) is 0 Å². The van der Waals surface area contributed by atoms with Crippen LogP contribution in [0.2, 0.25) is 0 Å². The summed E-state index contributed by atoms with van der Waals surface area (Å²) in [6.45, 7) is 12.5. The van der Waals surface area contributed by atoms with E-state index in [0.717, 1.165) is 4.90 Å². The van der Waals surface area contributed by atoms with Crippen molar-refractivity contribution in [3.8, 4) is 0 Å². The summed E-state index contributed by atoms with van der Waals surface area (Å²) in [5.74, 6) is -8.24. The third-order valence-corrected chi connectivity index (χ3v) is 14.2. The van der Waals surface area contributed by atoms with E-state index in [4.69, 9.17) is 18.9 Å². The van der Waals surface area contributed by atoms with Crippen molar-refractivity contribution in [1.29, 1.82) is 0 Å². The zero-order valence-corrected chi connectivity index (χ0v) is 39.6. The first-order chi connectivity index (χ1) is 30.2. The number of hydrogen-bond donors (Lipinski definition) is 4. The van der Waals surface area contributed by atoms with Gasteiger partial charge in [-0.15, -0.1) is 0 Å². The zero-order valence-electron chi connectivity index (χ0n) is 39.6. The molecule has 2 saturated heterocycles. The standard InChI is InChI=1S/C50H77NO13/c1-29-15-11-10-12-16-30(2)40(53)27-37-20-18-35(7)50(60,64-37)47(57)48(58)51-22-14-13-17-38(51)49(59)63-42(32(4)25-36-19-21-39(52)43(26-36)61-8)28-41(54)31(3)24-34(6)45(56)46(62-9)44(55)33(5)23-29/h10-12,15-16,24,29,31-33,35-40,42-43,45-46,52-53,56,60H,13-14,17-23,25-28H2,1-9H3/b12-10+,15-11+,30-16+,34-24+/t29-,31-,32-,33-,35-,36+,37-,38+,39+,40-,42+,43-,45-,46-,50-/m1/s1. The molecule has 0 aromatic carbocycles. The van der Waals surface area contributed by atoms with Crippen LogP contribution < -0.4 is 0 Å². The number of hydrogen-bond acceptors (Lipinski definition) is 13. The summed E-state index contributed by atoms with van der Waals surface area (Å²) in [7, 11) is 2.93. The summed E-state index contributed by atoms with van der Waals surface area (Å²) in [6, 6.07) is -1.16. The number of ketones is 3. The number of aliphatic hydroxyl groups is 4. The van der Waals surface area contributed by atoms with Crippen LogP contribution in [0, 0.1) is 35.5 Å². The van der Waals surface area contributed by atoms with E-state index in [1.807, 2.05) is 32.1 Å². The molecule has 1 amide bonds. The molecular formula is C50H77NO13. The van der Waals surface area contributed by atoms with Gasteiger partial charge in [0.2, 0.25) is 5.79 Å². The molecule has 4 rings (SSSR count). The molecular weight excluding hydrogens is 823 g/mol. The molecule has 0 spiro atoms. The Morgan fingerprint density at radius 2 is 1.58 bits per heavy atom. The largest absolute Gasteiger partial charge is 0.460 e. The van der Waals surface area contributed by atoms with Crippen LogP contribution in [0.15, 0.2) is 47.6 Å². The lowest BCUT2D eigenvalue weighted by Crippen LogP contribution is -2.61. The maximum Gasteiger partial charge on any atom is 0.329 e. The van der Waals surface area contributed by atoms with Crippen molar-refractivity contribution in [3.63, 3.8) is 0 Å². The summed E-state index contributed by atoms with van der Waals surface area (Å²) < 4.78 is 23.3. The minimum absolute atomic E-state index is 0.00489. The van der Waals surface area contributed by atoms with Crippen LogP contribution in [-0.4, -0.2) is 130 Å². The van der Waals surface area contributed by atoms with E-state index >= 15 is 0 Å². The Morgan fingerprint density at radius 3 is 2.27 bits per heavy atom. The van der Waals surface area contributed by atoms with E-state index < -0.39 is 83.9 Å². The lowest BCUT2D eigenvalue weighted by molar-refractivity contribution is -0.265. The summed E-state index contributed by atoms with van der Waals surface area (Å²) >= 11 is 0. The van der Waals surface area contributed by atoms with Gasteiger partial charge in [-0.05, 0) is 107 Å². The molecule has 2 bridgehead atoms. The number of esters is 1. The second kappa shape index (κ2) is 24.4.